The van der Waals surface area contributed by atoms with Crippen molar-refractivity contribution in [2.24, 2.45) is 0 Å². The highest BCUT2D eigenvalue weighted by Gasteiger charge is 2.38. The summed E-state index contributed by atoms with van der Waals surface area (Å²) in [5.74, 6) is -0.208. The number of carbonyl (C=O) groups is 1. The molecule has 1 aliphatic rings. The lowest BCUT2D eigenvalue weighted by atomic mass is 10.0. The fourth-order valence-electron chi connectivity index (χ4n) is 3.92. The van der Waals surface area contributed by atoms with Gasteiger partial charge in [0.1, 0.15) is 6.04 Å². The van der Waals surface area contributed by atoms with E-state index in [9.17, 15) is 13.2 Å². The van der Waals surface area contributed by atoms with Crippen LogP contribution in [0.2, 0.25) is 0 Å². The van der Waals surface area contributed by atoms with Gasteiger partial charge in [0.15, 0.2) is 5.13 Å². The van der Waals surface area contributed by atoms with Crippen molar-refractivity contribution in [2.75, 3.05) is 17.7 Å². The number of aromatic nitrogens is 1. The number of piperidine rings is 1. The van der Waals surface area contributed by atoms with Crippen molar-refractivity contribution in [3.63, 3.8) is 0 Å². The molecule has 1 saturated heterocycles. The molecule has 4 rings (SSSR count). The van der Waals surface area contributed by atoms with Crippen molar-refractivity contribution < 1.29 is 13.2 Å². The van der Waals surface area contributed by atoms with Gasteiger partial charge in [0.25, 0.3) is 0 Å². The highest BCUT2D eigenvalue weighted by molar-refractivity contribution is 7.88. The number of para-hydroxylation sites is 1. The summed E-state index contributed by atoms with van der Waals surface area (Å²) >= 11 is 1.47. The summed E-state index contributed by atoms with van der Waals surface area (Å²) in [7, 11) is -3.47. The molecule has 0 bridgehead atoms. The third-order valence-corrected chi connectivity index (χ3v) is 7.79. The summed E-state index contributed by atoms with van der Waals surface area (Å²) in [5, 5.41) is 0.604. The summed E-state index contributed by atoms with van der Waals surface area (Å²) in [4.78, 5) is 20.1. The van der Waals surface area contributed by atoms with Crippen LogP contribution in [-0.2, 0) is 21.4 Å². The van der Waals surface area contributed by atoms with Gasteiger partial charge in [-0.3, -0.25) is 9.69 Å². The number of nitrogens with zero attached hydrogens (tertiary/aromatic N) is 3. The van der Waals surface area contributed by atoms with E-state index < -0.39 is 16.1 Å². The van der Waals surface area contributed by atoms with E-state index in [0.29, 0.717) is 24.6 Å². The molecule has 158 valence electrons. The Hall–Kier alpha value is -2.29. The second kappa shape index (κ2) is 8.45. The topological polar surface area (TPSA) is 70.6 Å². The smallest absolute Gasteiger partial charge is 0.247 e. The van der Waals surface area contributed by atoms with E-state index in [0.717, 1.165) is 34.2 Å². The quantitative estimate of drug-likeness (QED) is 0.599. The van der Waals surface area contributed by atoms with E-state index >= 15 is 0 Å². The molecule has 1 unspecified atom stereocenters. The third-order valence-electron chi connectivity index (χ3n) is 5.45. The fourth-order valence-corrected chi connectivity index (χ4v) is 6.09. The average molecular weight is 444 g/mol. The third kappa shape index (κ3) is 4.26. The molecule has 0 aliphatic carbocycles. The molecule has 8 heteroatoms. The summed E-state index contributed by atoms with van der Waals surface area (Å²) < 4.78 is 27.1. The molecule has 6 nitrogen and oxygen atoms in total. The second-order valence-electron chi connectivity index (χ2n) is 7.71. The Bertz CT molecular complexity index is 1160. The predicted octanol–water partition coefficient (Wildman–Crippen LogP) is 3.95. The minimum atomic E-state index is -3.47. The van der Waals surface area contributed by atoms with Crippen LogP contribution in [0.3, 0.4) is 0 Å². The number of benzene rings is 2. The lowest BCUT2D eigenvalue weighted by molar-refractivity contribution is -0.123. The van der Waals surface area contributed by atoms with Gasteiger partial charge in [-0.25, -0.2) is 13.4 Å². The van der Waals surface area contributed by atoms with Crippen LogP contribution in [0.1, 0.15) is 30.4 Å². The minimum absolute atomic E-state index is 0.208. The first-order valence-electron chi connectivity index (χ1n) is 10.0. The first-order chi connectivity index (χ1) is 14.3. The van der Waals surface area contributed by atoms with Crippen LogP contribution in [-0.4, -0.2) is 42.5 Å². The summed E-state index contributed by atoms with van der Waals surface area (Å²) in [6.07, 6.45) is 3.32. The van der Waals surface area contributed by atoms with Crippen molar-refractivity contribution in [3.8, 4) is 0 Å². The SMILES string of the molecule is Cc1cccc2sc(N(Cc3ccccc3)C(=O)C3CCCCN3S(C)(=O)=O)nc12. The van der Waals surface area contributed by atoms with Gasteiger partial charge >= 0.3 is 0 Å². The van der Waals surface area contributed by atoms with Gasteiger partial charge in [-0.1, -0.05) is 60.2 Å². The number of aryl methyl sites for hydroxylation is 1. The van der Waals surface area contributed by atoms with Gasteiger partial charge in [-0.15, -0.1) is 0 Å². The highest BCUT2D eigenvalue weighted by atomic mass is 32.2. The predicted molar refractivity (Wildman–Crippen MR) is 121 cm³/mol. The average Bonchev–Trinajstić information content (AvgIpc) is 3.17. The zero-order chi connectivity index (χ0) is 21.3. The van der Waals surface area contributed by atoms with Gasteiger partial charge in [0.2, 0.25) is 15.9 Å². The number of anilines is 1. The van der Waals surface area contributed by atoms with E-state index in [1.165, 1.54) is 21.9 Å². The van der Waals surface area contributed by atoms with E-state index in [2.05, 4.69) is 0 Å². The molecule has 0 saturated carbocycles. The number of fused-ring (bicyclic) bond motifs is 1. The van der Waals surface area contributed by atoms with E-state index in [4.69, 9.17) is 4.98 Å². The zero-order valence-electron chi connectivity index (χ0n) is 17.1. The Morgan fingerprint density at radius 2 is 1.93 bits per heavy atom. The normalized spacial score (nSPS) is 17.9. The maximum absolute atomic E-state index is 13.7. The van der Waals surface area contributed by atoms with Gasteiger partial charge in [-0.05, 0) is 37.0 Å². The Morgan fingerprint density at radius 1 is 1.17 bits per heavy atom. The molecule has 3 aromatic rings. The molecule has 1 aliphatic heterocycles. The van der Waals surface area contributed by atoms with Gasteiger partial charge in [0.05, 0.1) is 23.0 Å². The number of carbonyl (C=O) groups excluding carboxylic acids is 1. The number of sulfonamides is 1. The van der Waals surface area contributed by atoms with Crippen molar-refractivity contribution >= 4 is 42.6 Å². The van der Waals surface area contributed by atoms with E-state index in [-0.39, 0.29) is 5.91 Å². The summed E-state index contributed by atoms with van der Waals surface area (Å²) in [6.45, 7) is 2.74. The maximum atomic E-state index is 13.7. The van der Waals surface area contributed by atoms with E-state index in [1.54, 1.807) is 4.90 Å². The standard InChI is InChI=1S/C22H25N3O3S2/c1-16-9-8-13-19-20(16)23-22(29-19)24(15-17-10-4-3-5-11-17)21(26)18-12-6-7-14-25(18)30(2,27)28/h3-5,8-11,13,18H,6-7,12,14-15H2,1-2H3. The summed E-state index contributed by atoms with van der Waals surface area (Å²) in [6, 6.07) is 15.0. The van der Waals surface area contributed by atoms with Crippen molar-refractivity contribution in [1.29, 1.82) is 0 Å². The van der Waals surface area contributed by atoms with Crippen LogP contribution in [0.5, 0.6) is 0 Å². The number of hydrogen-bond donors (Lipinski definition) is 0. The van der Waals surface area contributed by atoms with Crippen molar-refractivity contribution in [1.82, 2.24) is 9.29 Å². The minimum Gasteiger partial charge on any atom is -0.282 e. The molecule has 1 amide bonds. The molecule has 1 atom stereocenters. The van der Waals surface area contributed by atoms with Crippen LogP contribution in [0.25, 0.3) is 10.2 Å². The van der Waals surface area contributed by atoms with Crippen LogP contribution in [0.15, 0.2) is 48.5 Å². The molecular formula is C22H25N3O3S2. The highest BCUT2D eigenvalue weighted by Crippen LogP contribution is 2.33. The Labute approximate surface area is 181 Å². The largest absolute Gasteiger partial charge is 0.282 e. The molecule has 0 spiro atoms. The molecule has 30 heavy (non-hydrogen) atoms. The molecule has 2 heterocycles. The Balaban J connectivity index is 1.76. The second-order valence-corrected chi connectivity index (χ2v) is 10.7. The fraction of sp³-hybridized carbons (Fsp3) is 0.364. The first kappa shape index (κ1) is 21.0. The molecule has 2 aromatic carbocycles. The Morgan fingerprint density at radius 3 is 2.63 bits per heavy atom. The van der Waals surface area contributed by atoms with Crippen LogP contribution < -0.4 is 4.90 Å². The lowest BCUT2D eigenvalue weighted by Gasteiger charge is -2.35. The Kier molecular flexibility index (Phi) is 5.90. The number of amides is 1. The van der Waals surface area contributed by atoms with E-state index in [1.807, 2.05) is 55.5 Å². The van der Waals surface area contributed by atoms with Crippen molar-refractivity contribution in [2.45, 2.75) is 38.8 Å². The maximum Gasteiger partial charge on any atom is 0.247 e. The molecule has 1 fully saturated rings. The monoisotopic (exact) mass is 443 g/mol. The molecular weight excluding hydrogens is 418 g/mol. The van der Waals surface area contributed by atoms with Crippen molar-refractivity contribution in [3.05, 3.63) is 59.7 Å². The van der Waals surface area contributed by atoms with Crippen LogP contribution in [0.4, 0.5) is 5.13 Å². The molecule has 0 radical (unpaired) electrons. The lowest BCUT2D eigenvalue weighted by Crippen LogP contribution is -2.52. The molecule has 1 aromatic heterocycles. The van der Waals surface area contributed by atoms with Gasteiger partial charge < -0.3 is 0 Å². The molecule has 0 N–H and O–H groups in total. The first-order valence-corrected chi connectivity index (χ1v) is 12.7. The number of rotatable bonds is 5. The number of thiazole rings is 1. The van der Waals surface area contributed by atoms with Gasteiger partial charge in [-0.2, -0.15) is 4.31 Å². The number of hydrogen-bond acceptors (Lipinski definition) is 5. The zero-order valence-corrected chi connectivity index (χ0v) is 18.7. The summed E-state index contributed by atoms with van der Waals surface area (Å²) in [5.41, 5.74) is 2.91. The van der Waals surface area contributed by atoms with Gasteiger partial charge in [0, 0.05) is 6.54 Å². The van der Waals surface area contributed by atoms with Crippen LogP contribution >= 0.6 is 11.3 Å². The van der Waals surface area contributed by atoms with Crippen LogP contribution in [0, 0.1) is 6.92 Å².